The molecule has 1 saturated heterocycles. The highest BCUT2D eigenvalue weighted by Gasteiger charge is 2.17. The number of pyridine rings is 2. The minimum Gasteiger partial charge on any atom is -0.349 e. The molecule has 0 bridgehead atoms. The minimum atomic E-state index is -0.241. The summed E-state index contributed by atoms with van der Waals surface area (Å²) >= 11 is 0. The van der Waals surface area contributed by atoms with Crippen molar-refractivity contribution in [2.45, 2.75) is 6.92 Å². The van der Waals surface area contributed by atoms with Crippen LogP contribution in [0.2, 0.25) is 0 Å². The van der Waals surface area contributed by atoms with Crippen molar-refractivity contribution < 1.29 is 9.18 Å². The minimum absolute atomic E-state index is 0.149. The van der Waals surface area contributed by atoms with E-state index in [0.29, 0.717) is 23.4 Å². The number of carbonyl (C=O) groups excluding carboxylic acids is 1. The number of hydrogen-bond donors (Lipinski definition) is 1. The van der Waals surface area contributed by atoms with Gasteiger partial charge in [-0.2, -0.15) is 0 Å². The predicted octanol–water partition coefficient (Wildman–Crippen LogP) is 3.49. The number of amides is 1. The summed E-state index contributed by atoms with van der Waals surface area (Å²) in [5, 5.41) is 3.04. The van der Waals surface area contributed by atoms with Gasteiger partial charge in [0.15, 0.2) is 0 Å². The Kier molecular flexibility index (Phi) is 6.57. The number of likely N-dealkylation sites (N-methyl/N-ethyl adjacent to an activating group) is 1. The molecule has 35 heavy (non-hydrogen) atoms. The standard InChI is InChI=1S/C27H29FN6O/c1-19-16-20(5-7-23(19)28)26-22(4-3-9-29-26)21-6-8-25-31-17-24(34(25)18-21)27(35)30-10-11-33-14-12-32(2)13-15-33/h3-9,16-18H,10-15H2,1-2H3,(H,30,35). The van der Waals surface area contributed by atoms with E-state index in [4.69, 9.17) is 0 Å². The van der Waals surface area contributed by atoms with Crippen molar-refractivity contribution in [2.75, 3.05) is 46.3 Å². The zero-order valence-corrected chi connectivity index (χ0v) is 20.0. The smallest absolute Gasteiger partial charge is 0.269 e. The lowest BCUT2D eigenvalue weighted by Crippen LogP contribution is -2.46. The van der Waals surface area contributed by atoms with E-state index in [2.05, 4.69) is 32.1 Å². The summed E-state index contributed by atoms with van der Waals surface area (Å²) in [4.78, 5) is 26.6. The van der Waals surface area contributed by atoms with Gasteiger partial charge in [0.1, 0.15) is 17.2 Å². The van der Waals surface area contributed by atoms with E-state index in [1.807, 2.05) is 34.9 Å². The molecule has 4 heterocycles. The highest BCUT2D eigenvalue weighted by Crippen LogP contribution is 2.31. The summed E-state index contributed by atoms with van der Waals surface area (Å²) in [5.41, 5.74) is 5.15. The van der Waals surface area contributed by atoms with Crippen LogP contribution in [-0.4, -0.2) is 76.4 Å². The van der Waals surface area contributed by atoms with Crippen LogP contribution in [-0.2, 0) is 0 Å². The van der Waals surface area contributed by atoms with Crippen LogP contribution in [0.25, 0.3) is 28.0 Å². The van der Waals surface area contributed by atoms with E-state index >= 15 is 0 Å². The monoisotopic (exact) mass is 472 g/mol. The third-order valence-electron chi connectivity index (χ3n) is 6.60. The summed E-state index contributed by atoms with van der Waals surface area (Å²) in [6.45, 7) is 7.31. The molecule has 1 fully saturated rings. The van der Waals surface area contributed by atoms with Gasteiger partial charge in [-0.15, -0.1) is 0 Å². The predicted molar refractivity (Wildman–Crippen MR) is 135 cm³/mol. The lowest BCUT2D eigenvalue weighted by atomic mass is 9.99. The molecule has 8 heteroatoms. The van der Waals surface area contributed by atoms with Crippen LogP contribution >= 0.6 is 0 Å². The molecule has 1 N–H and O–H groups in total. The summed E-state index contributed by atoms with van der Waals surface area (Å²) in [7, 11) is 2.13. The van der Waals surface area contributed by atoms with Gasteiger partial charge in [-0.1, -0.05) is 6.07 Å². The Hall–Kier alpha value is -3.62. The van der Waals surface area contributed by atoms with Crippen molar-refractivity contribution in [3.63, 3.8) is 0 Å². The number of piperazine rings is 1. The van der Waals surface area contributed by atoms with Crippen LogP contribution in [0, 0.1) is 12.7 Å². The van der Waals surface area contributed by atoms with Gasteiger partial charge in [0.05, 0.1) is 11.9 Å². The quantitative estimate of drug-likeness (QED) is 0.466. The number of imidazole rings is 1. The lowest BCUT2D eigenvalue weighted by Gasteiger charge is -2.32. The van der Waals surface area contributed by atoms with Gasteiger partial charge in [-0.25, -0.2) is 9.37 Å². The molecular weight excluding hydrogens is 443 g/mol. The van der Waals surface area contributed by atoms with Crippen molar-refractivity contribution in [1.29, 1.82) is 0 Å². The second-order valence-electron chi connectivity index (χ2n) is 9.05. The van der Waals surface area contributed by atoms with Gasteiger partial charge >= 0.3 is 0 Å². The maximum Gasteiger partial charge on any atom is 0.269 e. The zero-order valence-electron chi connectivity index (χ0n) is 20.0. The summed E-state index contributed by atoms with van der Waals surface area (Å²) in [6, 6.07) is 12.7. The Balaban J connectivity index is 1.38. The number of nitrogens with one attached hydrogen (secondary N) is 1. The molecule has 0 spiro atoms. The number of benzene rings is 1. The van der Waals surface area contributed by atoms with Crippen LogP contribution in [0.15, 0.2) is 61.1 Å². The first kappa shape index (κ1) is 23.1. The number of rotatable bonds is 6. The fourth-order valence-electron chi connectivity index (χ4n) is 4.46. The Morgan fingerprint density at radius 2 is 1.86 bits per heavy atom. The Bertz CT molecular complexity index is 1360. The average Bonchev–Trinajstić information content (AvgIpc) is 3.30. The molecule has 180 valence electrons. The van der Waals surface area contributed by atoms with E-state index in [1.54, 1.807) is 31.5 Å². The molecule has 0 unspecified atom stereocenters. The van der Waals surface area contributed by atoms with E-state index in [9.17, 15) is 9.18 Å². The average molecular weight is 473 g/mol. The van der Waals surface area contributed by atoms with Crippen molar-refractivity contribution in [3.05, 3.63) is 78.1 Å². The number of fused-ring (bicyclic) bond motifs is 1. The third-order valence-corrected chi connectivity index (χ3v) is 6.60. The van der Waals surface area contributed by atoms with E-state index < -0.39 is 0 Å². The molecule has 7 nitrogen and oxygen atoms in total. The number of hydrogen-bond acceptors (Lipinski definition) is 5. The molecule has 5 rings (SSSR count). The van der Waals surface area contributed by atoms with E-state index in [0.717, 1.165) is 55.1 Å². The first-order valence-corrected chi connectivity index (χ1v) is 11.9. The Morgan fingerprint density at radius 3 is 2.66 bits per heavy atom. The fraction of sp³-hybridized carbons (Fsp3) is 0.296. The van der Waals surface area contributed by atoms with E-state index in [1.165, 1.54) is 6.07 Å². The topological polar surface area (TPSA) is 65.8 Å². The molecule has 0 radical (unpaired) electrons. The van der Waals surface area contributed by atoms with Crippen LogP contribution in [0.4, 0.5) is 4.39 Å². The summed E-state index contributed by atoms with van der Waals surface area (Å²) in [6.07, 6.45) is 5.25. The Morgan fingerprint density at radius 1 is 1.06 bits per heavy atom. The van der Waals surface area contributed by atoms with E-state index in [-0.39, 0.29) is 11.7 Å². The van der Waals surface area contributed by atoms with Crippen LogP contribution in [0.5, 0.6) is 0 Å². The summed E-state index contributed by atoms with van der Waals surface area (Å²) < 4.78 is 15.6. The lowest BCUT2D eigenvalue weighted by molar-refractivity contribution is 0.0935. The zero-order chi connectivity index (χ0) is 24.4. The molecule has 1 aliphatic heterocycles. The third kappa shape index (κ3) is 4.94. The normalized spacial score (nSPS) is 14.9. The van der Waals surface area contributed by atoms with Crippen molar-refractivity contribution in [3.8, 4) is 22.4 Å². The first-order chi connectivity index (χ1) is 17.0. The Labute approximate surface area is 204 Å². The number of aromatic nitrogens is 3. The molecule has 1 aromatic carbocycles. The molecule has 1 amide bonds. The maximum atomic E-state index is 13.8. The summed E-state index contributed by atoms with van der Waals surface area (Å²) in [5.74, 6) is -0.390. The van der Waals surface area contributed by atoms with Crippen molar-refractivity contribution in [2.24, 2.45) is 0 Å². The molecule has 0 atom stereocenters. The molecule has 1 aliphatic rings. The van der Waals surface area contributed by atoms with Gasteiger partial charge in [0, 0.05) is 68.4 Å². The second kappa shape index (κ2) is 9.93. The molecule has 0 saturated carbocycles. The number of aryl methyl sites for hydroxylation is 1. The number of halogens is 1. The highest BCUT2D eigenvalue weighted by molar-refractivity contribution is 5.93. The van der Waals surface area contributed by atoms with Gasteiger partial charge in [-0.05, 0) is 55.9 Å². The first-order valence-electron chi connectivity index (χ1n) is 11.9. The number of nitrogens with zero attached hydrogens (tertiary/aromatic N) is 5. The molecular formula is C27H29FN6O. The van der Waals surface area contributed by atoms with Crippen LogP contribution in [0.1, 0.15) is 16.1 Å². The molecule has 0 aliphatic carbocycles. The van der Waals surface area contributed by atoms with Crippen molar-refractivity contribution >= 4 is 11.6 Å². The number of carbonyl (C=O) groups is 1. The van der Waals surface area contributed by atoms with Gasteiger partial charge in [0.25, 0.3) is 5.91 Å². The highest BCUT2D eigenvalue weighted by atomic mass is 19.1. The molecule has 4 aromatic rings. The SMILES string of the molecule is Cc1cc(-c2ncccc2-c2ccc3ncc(C(=O)NCCN4CCN(C)CC4)n3c2)ccc1F. The fourth-order valence-corrected chi connectivity index (χ4v) is 4.46. The van der Waals surface area contributed by atoms with Gasteiger partial charge in [-0.3, -0.25) is 19.1 Å². The van der Waals surface area contributed by atoms with Gasteiger partial charge in [0.2, 0.25) is 0 Å². The molecule has 3 aromatic heterocycles. The van der Waals surface area contributed by atoms with Crippen LogP contribution < -0.4 is 5.32 Å². The van der Waals surface area contributed by atoms with Crippen LogP contribution in [0.3, 0.4) is 0 Å². The largest absolute Gasteiger partial charge is 0.349 e. The van der Waals surface area contributed by atoms with Crippen molar-refractivity contribution in [1.82, 2.24) is 29.5 Å². The van der Waals surface area contributed by atoms with Gasteiger partial charge < -0.3 is 10.2 Å². The maximum absolute atomic E-state index is 13.8. The second-order valence-corrected chi connectivity index (χ2v) is 9.05.